The van der Waals surface area contributed by atoms with Crippen molar-refractivity contribution in [3.05, 3.63) is 28.4 Å². The van der Waals surface area contributed by atoms with Crippen molar-refractivity contribution in [2.45, 2.75) is 0 Å². The zero-order valence-electron chi connectivity index (χ0n) is 9.57. The molecule has 3 rings (SSSR count). The van der Waals surface area contributed by atoms with E-state index in [0.29, 0.717) is 29.0 Å². The highest BCUT2D eigenvalue weighted by molar-refractivity contribution is 6.35. The molecule has 0 aliphatic carbocycles. The number of rotatable bonds is 1. The topological polar surface area (TPSA) is 38.2 Å². The van der Waals surface area contributed by atoms with Crippen molar-refractivity contribution < 1.29 is 4.74 Å². The van der Waals surface area contributed by atoms with Gasteiger partial charge in [0.05, 0.1) is 18.2 Å². The van der Waals surface area contributed by atoms with Crippen molar-refractivity contribution in [1.82, 2.24) is 9.97 Å². The number of hydrogen-bond donors (Lipinski definition) is 0. The van der Waals surface area contributed by atoms with E-state index in [1.54, 1.807) is 6.07 Å². The maximum absolute atomic E-state index is 6.25. The Bertz CT molecular complexity index is 585. The Labute approximate surface area is 114 Å². The first-order chi connectivity index (χ1) is 8.74. The molecule has 6 heteroatoms. The zero-order valence-corrected chi connectivity index (χ0v) is 11.1. The van der Waals surface area contributed by atoms with Gasteiger partial charge >= 0.3 is 0 Å². The molecule has 1 saturated heterocycles. The van der Waals surface area contributed by atoms with Gasteiger partial charge in [0.15, 0.2) is 5.65 Å². The molecule has 1 aliphatic rings. The molecule has 94 valence electrons. The van der Waals surface area contributed by atoms with Gasteiger partial charge in [-0.25, -0.2) is 9.97 Å². The maximum Gasteiger partial charge on any atom is 0.164 e. The summed E-state index contributed by atoms with van der Waals surface area (Å²) in [5.74, 6) is 0.825. The first kappa shape index (κ1) is 12.0. The highest BCUT2D eigenvalue weighted by Crippen LogP contribution is 2.27. The standard InChI is InChI=1S/C12H11Cl2N3O/c13-9-7-11(17-3-5-18-6-4-17)16-12-8(9)1-2-10(14)15-12/h1-2,7H,3-6H2. The van der Waals surface area contributed by atoms with E-state index in [-0.39, 0.29) is 0 Å². The summed E-state index contributed by atoms with van der Waals surface area (Å²) in [5, 5.41) is 1.88. The molecule has 2 aromatic heterocycles. The lowest BCUT2D eigenvalue weighted by Crippen LogP contribution is -2.36. The maximum atomic E-state index is 6.25. The van der Waals surface area contributed by atoms with Gasteiger partial charge in [-0.05, 0) is 12.1 Å². The molecular weight excluding hydrogens is 273 g/mol. The average Bonchev–Trinajstić information content (AvgIpc) is 2.39. The Morgan fingerprint density at radius 3 is 2.67 bits per heavy atom. The van der Waals surface area contributed by atoms with Gasteiger partial charge in [-0.2, -0.15) is 0 Å². The SMILES string of the molecule is Clc1ccc2c(Cl)cc(N3CCOCC3)nc2n1. The number of pyridine rings is 2. The highest BCUT2D eigenvalue weighted by atomic mass is 35.5. The third-order valence-corrected chi connectivity index (χ3v) is 3.43. The lowest BCUT2D eigenvalue weighted by atomic mass is 10.2. The zero-order chi connectivity index (χ0) is 12.5. The van der Waals surface area contributed by atoms with Crippen molar-refractivity contribution in [2.75, 3.05) is 31.2 Å². The fraction of sp³-hybridized carbons (Fsp3) is 0.333. The van der Waals surface area contributed by atoms with Gasteiger partial charge in [0.1, 0.15) is 11.0 Å². The Balaban J connectivity index is 2.07. The molecule has 4 nitrogen and oxygen atoms in total. The number of nitrogens with zero attached hydrogens (tertiary/aromatic N) is 3. The predicted octanol–water partition coefficient (Wildman–Crippen LogP) is 2.77. The van der Waals surface area contributed by atoms with Crippen LogP contribution in [0.1, 0.15) is 0 Å². The molecule has 0 bridgehead atoms. The van der Waals surface area contributed by atoms with Crippen molar-refractivity contribution in [3.8, 4) is 0 Å². The van der Waals surface area contributed by atoms with Gasteiger partial charge in [0.25, 0.3) is 0 Å². The summed E-state index contributed by atoms with van der Waals surface area (Å²) in [6.07, 6.45) is 0. The lowest BCUT2D eigenvalue weighted by Gasteiger charge is -2.28. The van der Waals surface area contributed by atoms with E-state index in [1.807, 2.05) is 12.1 Å². The Hall–Kier alpha value is -1.10. The van der Waals surface area contributed by atoms with Crippen LogP contribution in [0.2, 0.25) is 10.2 Å². The minimum Gasteiger partial charge on any atom is -0.378 e. The minimum absolute atomic E-state index is 0.421. The van der Waals surface area contributed by atoms with Gasteiger partial charge in [-0.15, -0.1) is 0 Å². The summed E-state index contributed by atoms with van der Waals surface area (Å²) in [6.45, 7) is 3.05. The van der Waals surface area contributed by atoms with E-state index in [9.17, 15) is 0 Å². The minimum atomic E-state index is 0.421. The highest BCUT2D eigenvalue weighted by Gasteiger charge is 2.15. The second-order valence-corrected chi connectivity index (χ2v) is 4.86. The third-order valence-electron chi connectivity index (χ3n) is 2.91. The summed E-state index contributed by atoms with van der Waals surface area (Å²) < 4.78 is 5.32. The summed E-state index contributed by atoms with van der Waals surface area (Å²) >= 11 is 12.1. The largest absolute Gasteiger partial charge is 0.378 e. The van der Waals surface area contributed by atoms with E-state index in [4.69, 9.17) is 27.9 Å². The normalized spacial score (nSPS) is 16.2. The van der Waals surface area contributed by atoms with Crippen LogP contribution >= 0.6 is 23.2 Å². The molecule has 0 unspecified atom stereocenters. The fourth-order valence-corrected chi connectivity index (χ4v) is 2.37. The summed E-state index contributed by atoms with van der Waals surface area (Å²) in [6, 6.07) is 5.42. The lowest BCUT2D eigenvalue weighted by molar-refractivity contribution is 0.122. The summed E-state index contributed by atoms with van der Waals surface area (Å²) in [4.78, 5) is 10.9. The fourth-order valence-electron chi connectivity index (χ4n) is 1.98. The Kier molecular flexibility index (Phi) is 3.24. The van der Waals surface area contributed by atoms with Crippen LogP contribution < -0.4 is 4.90 Å². The first-order valence-corrected chi connectivity index (χ1v) is 6.45. The average molecular weight is 284 g/mol. The molecule has 0 spiro atoms. The monoisotopic (exact) mass is 283 g/mol. The van der Waals surface area contributed by atoms with E-state index in [2.05, 4.69) is 14.9 Å². The smallest absolute Gasteiger partial charge is 0.164 e. The van der Waals surface area contributed by atoms with Crippen molar-refractivity contribution in [3.63, 3.8) is 0 Å². The van der Waals surface area contributed by atoms with Crippen LogP contribution in [0.4, 0.5) is 5.82 Å². The summed E-state index contributed by atoms with van der Waals surface area (Å²) in [7, 11) is 0. The predicted molar refractivity (Wildman–Crippen MR) is 72.6 cm³/mol. The molecule has 0 atom stereocenters. The van der Waals surface area contributed by atoms with Gasteiger partial charge in [0.2, 0.25) is 0 Å². The number of ether oxygens (including phenoxy) is 1. The number of hydrogen-bond acceptors (Lipinski definition) is 4. The van der Waals surface area contributed by atoms with Crippen molar-refractivity contribution in [2.24, 2.45) is 0 Å². The second-order valence-electron chi connectivity index (χ2n) is 4.07. The second kappa shape index (κ2) is 4.88. The van der Waals surface area contributed by atoms with Gasteiger partial charge in [-0.3, -0.25) is 0 Å². The summed E-state index contributed by atoms with van der Waals surface area (Å²) in [5.41, 5.74) is 0.580. The van der Waals surface area contributed by atoms with Crippen molar-refractivity contribution >= 4 is 40.1 Å². The molecule has 1 fully saturated rings. The van der Waals surface area contributed by atoms with Gasteiger partial charge < -0.3 is 9.64 Å². The molecule has 0 amide bonds. The van der Waals surface area contributed by atoms with Gasteiger partial charge in [0, 0.05) is 24.5 Å². The third kappa shape index (κ3) is 2.23. The molecule has 2 aromatic rings. The number of aromatic nitrogens is 2. The van der Waals surface area contributed by atoms with Crippen LogP contribution in [0.15, 0.2) is 18.2 Å². The molecule has 0 aromatic carbocycles. The first-order valence-electron chi connectivity index (χ1n) is 5.69. The molecule has 3 heterocycles. The number of anilines is 1. The molecule has 0 saturated carbocycles. The Morgan fingerprint density at radius 2 is 1.89 bits per heavy atom. The van der Waals surface area contributed by atoms with Crippen LogP contribution in [0.5, 0.6) is 0 Å². The van der Waals surface area contributed by atoms with E-state index in [0.717, 1.165) is 24.3 Å². The van der Waals surface area contributed by atoms with Crippen LogP contribution in [-0.2, 0) is 4.74 Å². The van der Waals surface area contributed by atoms with Crippen LogP contribution in [0.25, 0.3) is 11.0 Å². The number of morpholine rings is 1. The molecule has 1 aliphatic heterocycles. The quantitative estimate of drug-likeness (QED) is 0.755. The Morgan fingerprint density at radius 1 is 1.11 bits per heavy atom. The van der Waals surface area contributed by atoms with Gasteiger partial charge in [-0.1, -0.05) is 23.2 Å². The molecular formula is C12H11Cl2N3O. The molecule has 18 heavy (non-hydrogen) atoms. The van der Waals surface area contributed by atoms with E-state index < -0.39 is 0 Å². The number of fused-ring (bicyclic) bond motifs is 1. The van der Waals surface area contributed by atoms with E-state index >= 15 is 0 Å². The van der Waals surface area contributed by atoms with E-state index in [1.165, 1.54) is 0 Å². The van der Waals surface area contributed by atoms with Crippen LogP contribution in [0.3, 0.4) is 0 Å². The van der Waals surface area contributed by atoms with Crippen LogP contribution in [-0.4, -0.2) is 36.3 Å². The van der Waals surface area contributed by atoms with Crippen molar-refractivity contribution in [1.29, 1.82) is 0 Å². The molecule has 0 N–H and O–H groups in total. The van der Waals surface area contributed by atoms with Crippen LogP contribution in [0, 0.1) is 0 Å². The number of halogens is 2. The molecule has 0 radical (unpaired) electrons.